The van der Waals surface area contributed by atoms with Crippen LogP contribution in [0.3, 0.4) is 0 Å². The number of aromatic amines is 1. The van der Waals surface area contributed by atoms with Crippen molar-refractivity contribution in [3.63, 3.8) is 0 Å². The lowest BCUT2D eigenvalue weighted by molar-refractivity contribution is 0.336. The van der Waals surface area contributed by atoms with Gasteiger partial charge in [-0.15, -0.1) is 0 Å². The molecule has 0 saturated heterocycles. The molecule has 2 rings (SSSR count). The van der Waals surface area contributed by atoms with E-state index >= 15 is 0 Å². The van der Waals surface area contributed by atoms with Crippen molar-refractivity contribution in [2.75, 3.05) is 12.0 Å². The Morgan fingerprint density at radius 3 is 2.95 bits per heavy atom. The van der Waals surface area contributed by atoms with Crippen LogP contribution >= 0.6 is 28.1 Å². The summed E-state index contributed by atoms with van der Waals surface area (Å²) < 4.78 is 9.01. The van der Waals surface area contributed by atoms with Crippen molar-refractivity contribution >= 4 is 28.1 Å². The van der Waals surface area contributed by atoms with Crippen LogP contribution in [-0.4, -0.2) is 21.5 Å². The van der Waals surface area contributed by atoms with Crippen LogP contribution in [0.1, 0.15) is 25.2 Å². The van der Waals surface area contributed by atoms with E-state index in [0.717, 1.165) is 28.0 Å². The number of halogens is 1. The van der Waals surface area contributed by atoms with Crippen molar-refractivity contribution in [2.45, 2.75) is 26.8 Å². The number of hydrogen-bond donors (Lipinski definition) is 2. The maximum atomic E-state index is 5.63. The van der Waals surface area contributed by atoms with Gasteiger partial charge in [-0.2, -0.15) is 5.10 Å². The number of benzene rings is 1. The molecule has 20 heavy (non-hydrogen) atoms. The van der Waals surface area contributed by atoms with Crippen LogP contribution in [-0.2, 0) is 13.0 Å². The fourth-order valence-corrected chi connectivity index (χ4v) is 2.50. The van der Waals surface area contributed by atoms with E-state index in [1.54, 1.807) is 4.68 Å². The highest BCUT2D eigenvalue weighted by molar-refractivity contribution is 9.10. The Morgan fingerprint density at radius 1 is 1.45 bits per heavy atom. The SMILES string of the molecule is CCOc1ccc(Br)cc1CNn1c(CC)n[nH]c1=S. The summed E-state index contributed by atoms with van der Waals surface area (Å²) in [5.41, 5.74) is 4.33. The molecule has 0 aliphatic carbocycles. The van der Waals surface area contributed by atoms with Crippen LogP contribution in [0.2, 0.25) is 0 Å². The molecule has 108 valence electrons. The summed E-state index contributed by atoms with van der Waals surface area (Å²) in [7, 11) is 0. The molecule has 1 aromatic heterocycles. The Morgan fingerprint density at radius 2 is 2.25 bits per heavy atom. The van der Waals surface area contributed by atoms with Crippen LogP contribution in [0.5, 0.6) is 5.75 Å². The third-order valence-corrected chi connectivity index (χ3v) is 3.58. The third-order valence-electron chi connectivity index (χ3n) is 2.81. The molecule has 0 fully saturated rings. The van der Waals surface area contributed by atoms with E-state index in [4.69, 9.17) is 17.0 Å². The van der Waals surface area contributed by atoms with Gasteiger partial charge in [-0.05, 0) is 37.3 Å². The number of rotatable bonds is 6. The van der Waals surface area contributed by atoms with Gasteiger partial charge < -0.3 is 10.2 Å². The van der Waals surface area contributed by atoms with Gasteiger partial charge >= 0.3 is 0 Å². The van der Waals surface area contributed by atoms with E-state index in [-0.39, 0.29) is 0 Å². The number of nitrogens with zero attached hydrogens (tertiary/aromatic N) is 2. The first-order chi connectivity index (χ1) is 9.65. The predicted molar refractivity (Wildman–Crippen MR) is 85.2 cm³/mol. The summed E-state index contributed by atoms with van der Waals surface area (Å²) in [6.45, 7) is 5.25. The zero-order chi connectivity index (χ0) is 14.5. The van der Waals surface area contributed by atoms with E-state index < -0.39 is 0 Å². The fraction of sp³-hybridized carbons (Fsp3) is 0.385. The first-order valence-electron chi connectivity index (χ1n) is 6.47. The molecule has 7 heteroatoms. The fourth-order valence-electron chi connectivity index (χ4n) is 1.88. The summed E-state index contributed by atoms with van der Waals surface area (Å²) in [4.78, 5) is 0. The topological polar surface area (TPSA) is 54.9 Å². The van der Waals surface area contributed by atoms with Gasteiger partial charge in [0.05, 0.1) is 13.2 Å². The molecule has 0 spiro atoms. The first-order valence-corrected chi connectivity index (χ1v) is 7.67. The van der Waals surface area contributed by atoms with Crippen molar-refractivity contribution < 1.29 is 4.74 Å². The molecule has 1 heterocycles. The predicted octanol–water partition coefficient (Wildman–Crippen LogP) is 3.41. The van der Waals surface area contributed by atoms with Gasteiger partial charge in [-0.1, -0.05) is 22.9 Å². The van der Waals surface area contributed by atoms with E-state index in [1.807, 2.05) is 32.0 Å². The van der Waals surface area contributed by atoms with E-state index in [1.165, 1.54) is 0 Å². The molecule has 2 N–H and O–H groups in total. The van der Waals surface area contributed by atoms with Crippen LogP contribution in [0.4, 0.5) is 0 Å². The Labute approximate surface area is 131 Å². The number of aryl methyl sites for hydroxylation is 1. The zero-order valence-electron chi connectivity index (χ0n) is 11.4. The minimum absolute atomic E-state index is 0.565. The normalized spacial score (nSPS) is 10.6. The zero-order valence-corrected chi connectivity index (χ0v) is 13.8. The Hall–Kier alpha value is -1.34. The lowest BCUT2D eigenvalue weighted by Gasteiger charge is -2.13. The highest BCUT2D eigenvalue weighted by Crippen LogP contribution is 2.23. The summed E-state index contributed by atoms with van der Waals surface area (Å²) >= 11 is 8.69. The van der Waals surface area contributed by atoms with Crippen molar-refractivity contribution in [3.8, 4) is 5.75 Å². The summed E-state index contributed by atoms with van der Waals surface area (Å²) in [6, 6.07) is 5.96. The molecule has 0 amide bonds. The first kappa shape index (κ1) is 15.1. The smallest absolute Gasteiger partial charge is 0.214 e. The van der Waals surface area contributed by atoms with Gasteiger partial charge in [-0.25, -0.2) is 4.68 Å². The molecule has 1 aromatic carbocycles. The maximum absolute atomic E-state index is 5.63. The van der Waals surface area contributed by atoms with Crippen LogP contribution in [0, 0.1) is 4.77 Å². The number of hydrogen-bond acceptors (Lipinski definition) is 4. The number of H-pyrrole nitrogens is 1. The average molecular weight is 357 g/mol. The molecule has 5 nitrogen and oxygen atoms in total. The quantitative estimate of drug-likeness (QED) is 0.778. The van der Waals surface area contributed by atoms with Gasteiger partial charge in [0.2, 0.25) is 4.77 Å². The maximum Gasteiger partial charge on any atom is 0.214 e. The van der Waals surface area contributed by atoms with E-state index in [2.05, 4.69) is 31.6 Å². The van der Waals surface area contributed by atoms with Crippen molar-refractivity contribution in [1.82, 2.24) is 14.9 Å². The number of nitrogens with one attached hydrogen (secondary N) is 2. The van der Waals surface area contributed by atoms with Gasteiger partial charge in [0.1, 0.15) is 5.75 Å². The van der Waals surface area contributed by atoms with Crippen LogP contribution in [0.25, 0.3) is 0 Å². The van der Waals surface area contributed by atoms with E-state index in [9.17, 15) is 0 Å². The summed E-state index contributed by atoms with van der Waals surface area (Å²) in [6.07, 6.45) is 0.803. The molecule has 0 aliphatic rings. The van der Waals surface area contributed by atoms with Crippen LogP contribution in [0.15, 0.2) is 22.7 Å². The lowest BCUT2D eigenvalue weighted by Crippen LogP contribution is -2.17. The minimum Gasteiger partial charge on any atom is -0.494 e. The average Bonchev–Trinajstić information content (AvgIpc) is 2.79. The van der Waals surface area contributed by atoms with Crippen molar-refractivity contribution in [3.05, 3.63) is 38.8 Å². The summed E-state index contributed by atoms with van der Waals surface area (Å²) in [5, 5.41) is 6.95. The van der Waals surface area contributed by atoms with Gasteiger partial charge in [-0.3, -0.25) is 5.10 Å². The summed E-state index contributed by atoms with van der Waals surface area (Å²) in [5.74, 6) is 1.75. The second-order valence-electron chi connectivity index (χ2n) is 4.15. The second-order valence-corrected chi connectivity index (χ2v) is 5.46. The molecule has 2 aromatic rings. The van der Waals surface area contributed by atoms with Gasteiger partial charge in [0.15, 0.2) is 5.82 Å². The van der Waals surface area contributed by atoms with Crippen molar-refractivity contribution in [2.24, 2.45) is 0 Å². The Bertz CT molecular complexity index is 638. The van der Waals surface area contributed by atoms with E-state index in [0.29, 0.717) is 17.9 Å². The standard InChI is InChI=1S/C13H17BrN4OS/c1-3-12-16-17-13(20)18(12)15-8-9-7-10(14)5-6-11(9)19-4-2/h5-7,15H,3-4,8H2,1-2H3,(H,17,20). The molecular formula is C13H17BrN4OS. The van der Waals surface area contributed by atoms with Crippen LogP contribution < -0.4 is 10.2 Å². The molecule has 0 unspecified atom stereocenters. The van der Waals surface area contributed by atoms with Gasteiger partial charge in [0, 0.05) is 16.5 Å². The molecule has 0 radical (unpaired) electrons. The Balaban J connectivity index is 2.19. The lowest BCUT2D eigenvalue weighted by atomic mass is 10.2. The molecular weight excluding hydrogens is 340 g/mol. The molecule has 0 atom stereocenters. The monoisotopic (exact) mass is 356 g/mol. The van der Waals surface area contributed by atoms with Gasteiger partial charge in [0.25, 0.3) is 0 Å². The molecule has 0 aliphatic heterocycles. The highest BCUT2D eigenvalue weighted by Gasteiger charge is 2.07. The molecule has 0 bridgehead atoms. The molecule has 0 saturated carbocycles. The second kappa shape index (κ2) is 6.90. The third kappa shape index (κ3) is 3.40. The minimum atomic E-state index is 0.565. The largest absolute Gasteiger partial charge is 0.494 e. The number of ether oxygens (including phenoxy) is 1. The van der Waals surface area contributed by atoms with Crippen molar-refractivity contribution in [1.29, 1.82) is 0 Å². The Kier molecular flexibility index (Phi) is 5.19. The highest BCUT2D eigenvalue weighted by atomic mass is 79.9. The number of aromatic nitrogens is 3.